The van der Waals surface area contributed by atoms with Crippen molar-refractivity contribution in [3.8, 4) is 0 Å². The number of carbonyl (C=O) groups is 1. The predicted octanol–water partition coefficient (Wildman–Crippen LogP) is 4.06. The first-order chi connectivity index (χ1) is 14.5. The number of benzene rings is 1. The van der Waals surface area contributed by atoms with Gasteiger partial charge < -0.3 is 20.7 Å². The first-order valence-corrected chi connectivity index (χ1v) is 10.5. The van der Waals surface area contributed by atoms with Gasteiger partial charge in [-0.05, 0) is 42.5 Å². The molecule has 1 fully saturated rings. The lowest BCUT2D eigenvalue weighted by atomic mass is 9.78. The van der Waals surface area contributed by atoms with Crippen LogP contribution in [0.5, 0.6) is 0 Å². The summed E-state index contributed by atoms with van der Waals surface area (Å²) >= 11 is 0. The molecule has 2 rings (SSSR count). The van der Waals surface area contributed by atoms with E-state index in [1.807, 2.05) is 0 Å². The average Bonchev–Trinajstić information content (AvgIpc) is 2.72. The molecule has 6 nitrogen and oxygen atoms in total. The highest BCUT2D eigenvalue weighted by atomic mass is 127. The van der Waals surface area contributed by atoms with Gasteiger partial charge >= 0.3 is 6.18 Å². The van der Waals surface area contributed by atoms with Gasteiger partial charge in [0.2, 0.25) is 0 Å². The summed E-state index contributed by atoms with van der Waals surface area (Å²) in [6.45, 7) is 8.81. The monoisotopic (exact) mass is 570 g/mol. The lowest BCUT2D eigenvalue weighted by Crippen LogP contribution is -2.48. The average molecular weight is 570 g/mol. The van der Waals surface area contributed by atoms with E-state index in [2.05, 4.69) is 41.7 Å². The highest BCUT2D eigenvalue weighted by Crippen LogP contribution is 2.33. The number of carbonyl (C=O) groups excluding carboxylic acids is 1. The van der Waals surface area contributed by atoms with Crippen molar-refractivity contribution < 1.29 is 22.7 Å². The standard InChI is InChI=1S/C22H33F3N4O2.HI/c1-21(2,3)18-16(6-5-13-31-18)14-29-20(26-4)28-12-11-27-19(30)15-7-9-17(10-8-15)22(23,24)25;/h7-10,16,18H,5-6,11-14H2,1-4H3,(H,27,30)(H2,26,28,29);1H. The van der Waals surface area contributed by atoms with E-state index < -0.39 is 17.6 Å². The van der Waals surface area contributed by atoms with Crippen LogP contribution in [0.4, 0.5) is 13.2 Å². The van der Waals surface area contributed by atoms with E-state index in [9.17, 15) is 18.0 Å². The second-order valence-electron chi connectivity index (χ2n) is 8.77. The number of amides is 1. The maximum atomic E-state index is 12.6. The summed E-state index contributed by atoms with van der Waals surface area (Å²) in [6, 6.07) is 4.14. The maximum Gasteiger partial charge on any atom is 0.416 e. The Kier molecular flexibility index (Phi) is 11.2. The van der Waals surface area contributed by atoms with E-state index >= 15 is 0 Å². The molecule has 0 saturated carbocycles. The number of ether oxygens (including phenoxy) is 1. The summed E-state index contributed by atoms with van der Waals surface area (Å²) in [5, 5.41) is 9.14. The Morgan fingerprint density at radius 1 is 1.09 bits per heavy atom. The Bertz CT molecular complexity index is 749. The van der Waals surface area contributed by atoms with Crippen LogP contribution >= 0.6 is 24.0 Å². The lowest BCUT2D eigenvalue weighted by Gasteiger charge is -2.40. The topological polar surface area (TPSA) is 74.8 Å². The van der Waals surface area contributed by atoms with E-state index in [4.69, 9.17) is 4.74 Å². The Morgan fingerprint density at radius 2 is 1.72 bits per heavy atom. The van der Waals surface area contributed by atoms with Gasteiger partial charge in [-0.2, -0.15) is 13.2 Å². The van der Waals surface area contributed by atoms with Crippen molar-refractivity contribution in [3.63, 3.8) is 0 Å². The van der Waals surface area contributed by atoms with Crippen molar-refractivity contribution in [3.05, 3.63) is 35.4 Å². The van der Waals surface area contributed by atoms with Gasteiger partial charge in [-0.1, -0.05) is 20.8 Å². The smallest absolute Gasteiger partial charge is 0.377 e. The fourth-order valence-electron chi connectivity index (χ4n) is 3.73. The molecule has 1 amide bonds. The van der Waals surface area contributed by atoms with E-state index in [0.717, 1.165) is 38.1 Å². The molecule has 10 heteroatoms. The first-order valence-electron chi connectivity index (χ1n) is 10.5. The molecule has 1 aromatic rings. The molecule has 2 atom stereocenters. The maximum absolute atomic E-state index is 12.6. The van der Waals surface area contributed by atoms with E-state index in [-0.39, 0.29) is 41.1 Å². The van der Waals surface area contributed by atoms with Gasteiger partial charge in [0, 0.05) is 44.8 Å². The fourth-order valence-corrected chi connectivity index (χ4v) is 3.73. The zero-order chi connectivity index (χ0) is 23.1. The summed E-state index contributed by atoms with van der Waals surface area (Å²) in [5.41, 5.74) is -0.537. The summed E-state index contributed by atoms with van der Waals surface area (Å²) in [7, 11) is 1.68. The molecule has 0 spiro atoms. The number of nitrogens with one attached hydrogen (secondary N) is 3. The molecule has 32 heavy (non-hydrogen) atoms. The molecule has 0 bridgehead atoms. The van der Waals surface area contributed by atoms with E-state index in [1.165, 1.54) is 12.1 Å². The molecule has 0 radical (unpaired) electrons. The van der Waals surface area contributed by atoms with E-state index in [1.54, 1.807) is 7.05 Å². The summed E-state index contributed by atoms with van der Waals surface area (Å²) in [4.78, 5) is 16.3. The van der Waals surface area contributed by atoms with Crippen LogP contribution in [0.25, 0.3) is 0 Å². The van der Waals surface area contributed by atoms with Crippen LogP contribution in [-0.4, -0.2) is 51.3 Å². The van der Waals surface area contributed by atoms with Crippen LogP contribution in [0, 0.1) is 11.3 Å². The Balaban J connectivity index is 0.00000512. The third-order valence-corrected chi connectivity index (χ3v) is 5.23. The van der Waals surface area contributed by atoms with Crippen molar-refractivity contribution in [2.24, 2.45) is 16.3 Å². The minimum Gasteiger partial charge on any atom is -0.377 e. The predicted molar refractivity (Wildman–Crippen MR) is 130 cm³/mol. The summed E-state index contributed by atoms with van der Waals surface area (Å²) in [5.74, 6) is 0.583. The second kappa shape index (κ2) is 12.6. The minimum absolute atomic E-state index is 0. The van der Waals surface area contributed by atoms with Crippen molar-refractivity contribution in [1.29, 1.82) is 0 Å². The number of halogens is 4. The number of nitrogens with zero attached hydrogens (tertiary/aromatic N) is 1. The summed E-state index contributed by atoms with van der Waals surface area (Å²) in [6.07, 6.45) is -2.11. The van der Waals surface area contributed by atoms with Gasteiger partial charge in [-0.25, -0.2) is 0 Å². The van der Waals surface area contributed by atoms with Gasteiger partial charge in [0.1, 0.15) is 0 Å². The van der Waals surface area contributed by atoms with Gasteiger partial charge in [0.15, 0.2) is 5.96 Å². The van der Waals surface area contributed by atoms with Crippen LogP contribution in [0.15, 0.2) is 29.3 Å². The highest BCUT2D eigenvalue weighted by molar-refractivity contribution is 14.0. The normalized spacial score (nSPS) is 19.7. The van der Waals surface area contributed by atoms with Crippen molar-refractivity contribution in [2.75, 3.05) is 33.3 Å². The Labute approximate surface area is 205 Å². The van der Waals surface area contributed by atoms with Gasteiger partial charge in [-0.3, -0.25) is 9.79 Å². The Hall–Kier alpha value is -1.56. The zero-order valence-electron chi connectivity index (χ0n) is 19.0. The van der Waals surface area contributed by atoms with Crippen LogP contribution in [-0.2, 0) is 10.9 Å². The molecule has 1 aromatic carbocycles. The highest BCUT2D eigenvalue weighted by Gasteiger charge is 2.35. The van der Waals surface area contributed by atoms with Crippen LogP contribution in [0.2, 0.25) is 0 Å². The molecule has 1 aliphatic heterocycles. The third-order valence-electron chi connectivity index (χ3n) is 5.23. The number of hydrogen-bond acceptors (Lipinski definition) is 3. The largest absolute Gasteiger partial charge is 0.416 e. The number of rotatable bonds is 6. The molecule has 2 unspecified atom stereocenters. The molecule has 1 saturated heterocycles. The molecular formula is C22H34F3IN4O2. The molecule has 182 valence electrons. The Morgan fingerprint density at radius 3 is 2.28 bits per heavy atom. The quantitative estimate of drug-likeness (QED) is 0.209. The molecular weight excluding hydrogens is 536 g/mol. The fraction of sp³-hybridized carbons (Fsp3) is 0.636. The second-order valence-corrected chi connectivity index (χ2v) is 8.77. The minimum atomic E-state index is -4.42. The number of alkyl halides is 3. The van der Waals surface area contributed by atoms with Crippen LogP contribution < -0.4 is 16.0 Å². The van der Waals surface area contributed by atoms with Gasteiger partial charge in [0.25, 0.3) is 5.91 Å². The lowest BCUT2D eigenvalue weighted by molar-refractivity contribution is -0.137. The van der Waals surface area contributed by atoms with E-state index in [0.29, 0.717) is 25.0 Å². The van der Waals surface area contributed by atoms with Crippen molar-refractivity contribution >= 4 is 35.8 Å². The SMILES string of the molecule is CN=C(NCCNC(=O)c1ccc(C(F)(F)F)cc1)NCC1CCCOC1C(C)(C)C.I. The van der Waals surface area contributed by atoms with Gasteiger partial charge in [-0.15, -0.1) is 24.0 Å². The van der Waals surface area contributed by atoms with Crippen LogP contribution in [0.1, 0.15) is 49.5 Å². The third kappa shape index (κ3) is 8.76. The van der Waals surface area contributed by atoms with Crippen molar-refractivity contribution in [1.82, 2.24) is 16.0 Å². The molecule has 1 aliphatic rings. The number of hydrogen-bond donors (Lipinski definition) is 3. The molecule has 0 aromatic heterocycles. The molecule has 0 aliphatic carbocycles. The van der Waals surface area contributed by atoms with Crippen LogP contribution in [0.3, 0.4) is 0 Å². The first kappa shape index (κ1) is 28.5. The van der Waals surface area contributed by atoms with Crippen molar-refractivity contribution in [2.45, 2.75) is 45.9 Å². The molecule has 1 heterocycles. The number of aliphatic imine (C=N–C) groups is 1. The zero-order valence-corrected chi connectivity index (χ0v) is 21.3. The van der Waals surface area contributed by atoms with Gasteiger partial charge in [0.05, 0.1) is 11.7 Å². The summed E-state index contributed by atoms with van der Waals surface area (Å²) < 4.78 is 43.8. The number of guanidine groups is 1. The molecule has 3 N–H and O–H groups in total.